The number of benzene rings is 2. The first-order chi connectivity index (χ1) is 9.06. The van der Waals surface area contributed by atoms with Crippen LogP contribution < -0.4 is 10.5 Å². The first kappa shape index (κ1) is 14.3. The van der Waals surface area contributed by atoms with Gasteiger partial charge in [-0.25, -0.2) is 0 Å². The molecule has 0 heterocycles. The molecule has 0 aliphatic heterocycles. The van der Waals surface area contributed by atoms with E-state index < -0.39 is 0 Å². The molecular formula is C14H11BrClNOS. The normalized spacial score (nSPS) is 10.2. The van der Waals surface area contributed by atoms with E-state index in [9.17, 15) is 0 Å². The lowest BCUT2D eigenvalue weighted by Gasteiger charge is -2.09. The lowest BCUT2D eigenvalue weighted by molar-refractivity contribution is 0.306. The van der Waals surface area contributed by atoms with Crippen molar-refractivity contribution in [2.45, 2.75) is 6.61 Å². The molecule has 0 bridgehead atoms. The zero-order chi connectivity index (χ0) is 13.8. The van der Waals surface area contributed by atoms with Crippen molar-refractivity contribution >= 4 is 44.7 Å². The average molecular weight is 357 g/mol. The van der Waals surface area contributed by atoms with E-state index in [1.807, 2.05) is 36.4 Å². The van der Waals surface area contributed by atoms with Crippen molar-refractivity contribution in [2.24, 2.45) is 5.73 Å². The van der Waals surface area contributed by atoms with E-state index in [1.165, 1.54) is 0 Å². The third-order valence-corrected chi connectivity index (χ3v) is 3.57. The van der Waals surface area contributed by atoms with Gasteiger partial charge in [0, 0.05) is 10.0 Å². The summed E-state index contributed by atoms with van der Waals surface area (Å²) < 4.78 is 6.60. The largest absolute Gasteiger partial charge is 0.487 e. The lowest BCUT2D eigenvalue weighted by atomic mass is 10.1. The Kier molecular flexibility index (Phi) is 4.80. The Morgan fingerprint density at radius 2 is 1.89 bits per heavy atom. The number of hydrogen-bond donors (Lipinski definition) is 1. The van der Waals surface area contributed by atoms with Crippen LogP contribution in [-0.2, 0) is 6.61 Å². The molecule has 0 fully saturated rings. The molecule has 0 aliphatic carbocycles. The Labute approximate surface area is 130 Å². The number of halogens is 2. The highest BCUT2D eigenvalue weighted by Gasteiger charge is 2.03. The van der Waals surface area contributed by atoms with Crippen LogP contribution >= 0.6 is 39.7 Å². The predicted octanol–water partition coefficient (Wildman–Crippen LogP) is 4.32. The first-order valence-electron chi connectivity index (χ1n) is 5.53. The van der Waals surface area contributed by atoms with Crippen LogP contribution in [0.4, 0.5) is 0 Å². The Hall–Kier alpha value is -1.10. The molecule has 2 rings (SSSR count). The molecule has 2 nitrogen and oxygen atoms in total. The molecule has 0 unspecified atom stereocenters. The number of hydrogen-bond acceptors (Lipinski definition) is 2. The third-order valence-electron chi connectivity index (χ3n) is 2.53. The quantitative estimate of drug-likeness (QED) is 0.829. The SMILES string of the molecule is NC(=S)c1ccc(COc2cc(Br)ccc2Cl)cc1. The Balaban J connectivity index is 2.06. The maximum Gasteiger partial charge on any atom is 0.139 e. The van der Waals surface area contributed by atoms with Crippen LogP contribution in [0.3, 0.4) is 0 Å². The van der Waals surface area contributed by atoms with Gasteiger partial charge in [0.15, 0.2) is 0 Å². The summed E-state index contributed by atoms with van der Waals surface area (Å²) in [6.45, 7) is 0.438. The van der Waals surface area contributed by atoms with Crippen molar-refractivity contribution in [3.05, 3.63) is 63.1 Å². The van der Waals surface area contributed by atoms with Crippen LogP contribution in [-0.4, -0.2) is 4.99 Å². The Morgan fingerprint density at radius 1 is 1.21 bits per heavy atom. The summed E-state index contributed by atoms with van der Waals surface area (Å²) in [5, 5.41) is 0.586. The van der Waals surface area contributed by atoms with Crippen molar-refractivity contribution in [3.8, 4) is 5.75 Å². The summed E-state index contributed by atoms with van der Waals surface area (Å²) in [5.74, 6) is 0.648. The zero-order valence-corrected chi connectivity index (χ0v) is 13.1. The third kappa shape index (κ3) is 3.93. The van der Waals surface area contributed by atoms with Gasteiger partial charge in [0.05, 0.1) is 5.02 Å². The molecule has 0 saturated heterocycles. The molecule has 19 heavy (non-hydrogen) atoms. The number of thiocarbonyl (C=S) groups is 1. The molecule has 0 spiro atoms. The van der Waals surface area contributed by atoms with Crippen LogP contribution in [0.5, 0.6) is 5.75 Å². The van der Waals surface area contributed by atoms with Gasteiger partial charge in [0.1, 0.15) is 17.3 Å². The van der Waals surface area contributed by atoms with E-state index in [4.69, 9.17) is 34.3 Å². The van der Waals surface area contributed by atoms with Gasteiger partial charge in [0.2, 0.25) is 0 Å². The Bertz CT molecular complexity index is 601. The predicted molar refractivity (Wildman–Crippen MR) is 85.8 cm³/mol. The van der Waals surface area contributed by atoms with Crippen LogP contribution in [0, 0.1) is 0 Å². The van der Waals surface area contributed by atoms with Gasteiger partial charge in [-0.3, -0.25) is 0 Å². The molecule has 0 atom stereocenters. The summed E-state index contributed by atoms with van der Waals surface area (Å²) in [4.78, 5) is 0.391. The van der Waals surface area contributed by atoms with Gasteiger partial charge in [-0.05, 0) is 23.8 Å². The highest BCUT2D eigenvalue weighted by Crippen LogP contribution is 2.28. The summed E-state index contributed by atoms with van der Waals surface area (Å²) in [5.41, 5.74) is 7.41. The molecule has 0 aromatic heterocycles. The number of rotatable bonds is 4. The number of nitrogens with two attached hydrogens (primary N) is 1. The maximum atomic E-state index is 6.05. The fourth-order valence-corrected chi connectivity index (χ4v) is 2.16. The zero-order valence-electron chi connectivity index (χ0n) is 9.90. The molecule has 2 N–H and O–H groups in total. The second kappa shape index (κ2) is 6.37. The average Bonchev–Trinajstić information content (AvgIpc) is 2.40. The van der Waals surface area contributed by atoms with Gasteiger partial charge in [-0.1, -0.05) is 64.0 Å². The second-order valence-corrected chi connectivity index (χ2v) is 5.69. The first-order valence-corrected chi connectivity index (χ1v) is 7.11. The molecule has 2 aromatic carbocycles. The standard InChI is InChI=1S/C14H11BrClNOS/c15-11-5-6-12(16)13(7-11)18-8-9-1-3-10(4-2-9)14(17)19/h1-7H,8H2,(H2,17,19). The van der Waals surface area contributed by atoms with Crippen molar-refractivity contribution < 1.29 is 4.74 Å². The van der Waals surface area contributed by atoms with Crippen LogP contribution in [0.25, 0.3) is 0 Å². The number of ether oxygens (including phenoxy) is 1. The van der Waals surface area contributed by atoms with Gasteiger partial charge >= 0.3 is 0 Å². The minimum atomic E-state index is 0.391. The molecule has 0 amide bonds. The van der Waals surface area contributed by atoms with Crippen molar-refractivity contribution in [3.63, 3.8) is 0 Å². The molecule has 2 aromatic rings. The smallest absolute Gasteiger partial charge is 0.139 e. The molecule has 0 saturated carbocycles. The van der Waals surface area contributed by atoms with E-state index in [-0.39, 0.29) is 0 Å². The fraction of sp³-hybridized carbons (Fsp3) is 0.0714. The fourth-order valence-electron chi connectivity index (χ4n) is 1.51. The van der Waals surface area contributed by atoms with E-state index in [1.54, 1.807) is 6.07 Å². The maximum absolute atomic E-state index is 6.05. The van der Waals surface area contributed by atoms with Crippen LogP contribution in [0.1, 0.15) is 11.1 Å². The molecule has 98 valence electrons. The van der Waals surface area contributed by atoms with E-state index in [2.05, 4.69) is 15.9 Å². The highest BCUT2D eigenvalue weighted by molar-refractivity contribution is 9.10. The van der Waals surface area contributed by atoms with E-state index in [0.29, 0.717) is 22.4 Å². The van der Waals surface area contributed by atoms with Crippen molar-refractivity contribution in [2.75, 3.05) is 0 Å². The van der Waals surface area contributed by atoms with Crippen molar-refractivity contribution in [1.82, 2.24) is 0 Å². The summed E-state index contributed by atoms with van der Waals surface area (Å²) >= 11 is 14.3. The lowest BCUT2D eigenvalue weighted by Crippen LogP contribution is -2.09. The molecule has 0 aliphatic rings. The van der Waals surface area contributed by atoms with Gasteiger partial charge < -0.3 is 10.5 Å². The molecule has 0 radical (unpaired) electrons. The van der Waals surface area contributed by atoms with Gasteiger partial charge in [-0.15, -0.1) is 0 Å². The topological polar surface area (TPSA) is 35.2 Å². The minimum Gasteiger partial charge on any atom is -0.487 e. The van der Waals surface area contributed by atoms with E-state index >= 15 is 0 Å². The monoisotopic (exact) mass is 355 g/mol. The summed E-state index contributed by atoms with van der Waals surface area (Å²) in [7, 11) is 0. The second-order valence-electron chi connectivity index (χ2n) is 3.92. The minimum absolute atomic E-state index is 0.391. The molecule has 5 heteroatoms. The summed E-state index contributed by atoms with van der Waals surface area (Å²) in [6.07, 6.45) is 0. The van der Waals surface area contributed by atoms with Gasteiger partial charge in [-0.2, -0.15) is 0 Å². The van der Waals surface area contributed by atoms with E-state index in [0.717, 1.165) is 15.6 Å². The Morgan fingerprint density at radius 3 is 2.53 bits per heavy atom. The molecular weight excluding hydrogens is 346 g/mol. The summed E-state index contributed by atoms with van der Waals surface area (Å²) in [6, 6.07) is 13.1. The van der Waals surface area contributed by atoms with Crippen LogP contribution in [0.2, 0.25) is 5.02 Å². The van der Waals surface area contributed by atoms with Crippen molar-refractivity contribution in [1.29, 1.82) is 0 Å². The van der Waals surface area contributed by atoms with Gasteiger partial charge in [0.25, 0.3) is 0 Å². The highest BCUT2D eigenvalue weighted by atomic mass is 79.9. The van der Waals surface area contributed by atoms with Crippen LogP contribution in [0.15, 0.2) is 46.9 Å².